The molecule has 2 atom stereocenters. The largest absolute Gasteiger partial charge is 0.325 e. The van der Waals surface area contributed by atoms with Crippen molar-refractivity contribution < 1.29 is 9.72 Å². The van der Waals surface area contributed by atoms with Crippen molar-refractivity contribution in [1.82, 2.24) is 5.32 Å². The molecule has 120 valence electrons. The Morgan fingerprint density at radius 3 is 2.77 bits per heavy atom. The van der Waals surface area contributed by atoms with Crippen molar-refractivity contribution in [3.63, 3.8) is 0 Å². The molecule has 2 rings (SSSR count). The van der Waals surface area contributed by atoms with Crippen molar-refractivity contribution >= 4 is 17.3 Å². The van der Waals surface area contributed by atoms with E-state index >= 15 is 0 Å². The summed E-state index contributed by atoms with van der Waals surface area (Å²) in [4.78, 5) is 22.5. The zero-order chi connectivity index (χ0) is 16.1. The highest BCUT2D eigenvalue weighted by atomic mass is 16.6. The molecule has 6 nitrogen and oxygen atoms in total. The van der Waals surface area contributed by atoms with Gasteiger partial charge in [-0.25, -0.2) is 0 Å². The Morgan fingerprint density at radius 2 is 2.09 bits per heavy atom. The van der Waals surface area contributed by atoms with Gasteiger partial charge in [-0.1, -0.05) is 25.8 Å². The third kappa shape index (κ3) is 4.27. The van der Waals surface area contributed by atoms with E-state index in [0.717, 1.165) is 6.42 Å². The molecule has 1 amide bonds. The SMILES string of the molecule is Cc1ccc(NC(=O)CN[C@@H]2CCCC[C@H]2C)cc1[N+](=O)[O-]. The minimum absolute atomic E-state index is 0.0201. The summed E-state index contributed by atoms with van der Waals surface area (Å²) in [5, 5.41) is 16.9. The fourth-order valence-electron chi connectivity index (χ4n) is 2.93. The van der Waals surface area contributed by atoms with Crippen LogP contribution in [0.4, 0.5) is 11.4 Å². The lowest BCUT2D eigenvalue weighted by atomic mass is 9.86. The highest BCUT2D eigenvalue weighted by molar-refractivity contribution is 5.92. The number of nitrogens with zero attached hydrogens (tertiary/aromatic N) is 1. The molecular weight excluding hydrogens is 282 g/mol. The summed E-state index contributed by atoms with van der Waals surface area (Å²) < 4.78 is 0. The lowest BCUT2D eigenvalue weighted by molar-refractivity contribution is -0.385. The Balaban J connectivity index is 1.89. The minimum Gasteiger partial charge on any atom is -0.325 e. The molecule has 6 heteroatoms. The third-order valence-electron chi connectivity index (χ3n) is 4.33. The van der Waals surface area contributed by atoms with Crippen molar-refractivity contribution in [2.45, 2.75) is 45.6 Å². The minimum atomic E-state index is -0.438. The number of nitro benzene ring substituents is 1. The van der Waals surface area contributed by atoms with E-state index in [0.29, 0.717) is 23.2 Å². The fourth-order valence-corrected chi connectivity index (χ4v) is 2.93. The van der Waals surface area contributed by atoms with Crippen LogP contribution in [0.2, 0.25) is 0 Å². The first-order chi connectivity index (χ1) is 10.5. The summed E-state index contributed by atoms with van der Waals surface area (Å²) in [6.45, 7) is 4.12. The zero-order valence-electron chi connectivity index (χ0n) is 13.1. The lowest BCUT2D eigenvalue weighted by Gasteiger charge is -2.29. The van der Waals surface area contributed by atoms with Crippen LogP contribution in [0.15, 0.2) is 18.2 Å². The number of hydrogen-bond donors (Lipinski definition) is 2. The molecular formula is C16H23N3O3. The molecule has 0 aliphatic heterocycles. The molecule has 1 fully saturated rings. The normalized spacial score (nSPS) is 21.4. The van der Waals surface area contributed by atoms with Gasteiger partial charge in [0.2, 0.25) is 5.91 Å². The molecule has 0 heterocycles. The van der Waals surface area contributed by atoms with Gasteiger partial charge >= 0.3 is 0 Å². The Labute approximate surface area is 130 Å². The van der Waals surface area contributed by atoms with Gasteiger partial charge in [-0.15, -0.1) is 0 Å². The van der Waals surface area contributed by atoms with Gasteiger partial charge < -0.3 is 10.6 Å². The number of anilines is 1. The Kier molecular flexibility index (Phi) is 5.49. The molecule has 0 saturated heterocycles. The standard InChI is InChI=1S/C16H23N3O3/c1-11-5-3-4-6-14(11)17-10-16(20)18-13-8-7-12(2)15(9-13)19(21)22/h7-9,11,14,17H,3-6,10H2,1-2H3,(H,18,20)/t11-,14-/m1/s1. The maximum Gasteiger partial charge on any atom is 0.274 e. The second kappa shape index (κ2) is 7.35. The van der Waals surface area contributed by atoms with Gasteiger partial charge in [-0.05, 0) is 31.7 Å². The second-order valence-electron chi connectivity index (χ2n) is 6.06. The van der Waals surface area contributed by atoms with E-state index in [2.05, 4.69) is 17.6 Å². The highest BCUT2D eigenvalue weighted by Crippen LogP contribution is 2.24. The molecule has 22 heavy (non-hydrogen) atoms. The monoisotopic (exact) mass is 305 g/mol. The van der Waals surface area contributed by atoms with E-state index < -0.39 is 4.92 Å². The maximum absolute atomic E-state index is 12.0. The summed E-state index contributed by atoms with van der Waals surface area (Å²) >= 11 is 0. The van der Waals surface area contributed by atoms with E-state index in [1.165, 1.54) is 25.3 Å². The van der Waals surface area contributed by atoms with Crippen molar-refractivity contribution in [3.8, 4) is 0 Å². The Hall–Kier alpha value is -1.95. The first-order valence-electron chi connectivity index (χ1n) is 7.75. The van der Waals surface area contributed by atoms with Crippen molar-refractivity contribution in [1.29, 1.82) is 0 Å². The van der Waals surface area contributed by atoms with Gasteiger partial charge in [0.1, 0.15) is 0 Å². The number of benzene rings is 1. The second-order valence-corrected chi connectivity index (χ2v) is 6.06. The van der Waals surface area contributed by atoms with Crippen LogP contribution >= 0.6 is 0 Å². The predicted molar refractivity (Wildman–Crippen MR) is 85.9 cm³/mol. The van der Waals surface area contributed by atoms with Crippen molar-refractivity contribution in [3.05, 3.63) is 33.9 Å². The molecule has 0 spiro atoms. The van der Waals surface area contributed by atoms with Gasteiger partial charge in [-0.3, -0.25) is 14.9 Å². The van der Waals surface area contributed by atoms with Crippen LogP contribution in [0.3, 0.4) is 0 Å². The van der Waals surface area contributed by atoms with Gasteiger partial charge in [-0.2, -0.15) is 0 Å². The number of aryl methyl sites for hydroxylation is 1. The first-order valence-corrected chi connectivity index (χ1v) is 7.75. The van der Waals surface area contributed by atoms with Crippen LogP contribution in [0.25, 0.3) is 0 Å². The van der Waals surface area contributed by atoms with Crippen LogP contribution in [0.5, 0.6) is 0 Å². The smallest absolute Gasteiger partial charge is 0.274 e. The summed E-state index contributed by atoms with van der Waals surface area (Å²) in [6, 6.07) is 5.11. The van der Waals surface area contributed by atoms with Crippen LogP contribution in [-0.4, -0.2) is 23.4 Å². The highest BCUT2D eigenvalue weighted by Gasteiger charge is 2.21. The summed E-state index contributed by atoms with van der Waals surface area (Å²) in [7, 11) is 0. The quantitative estimate of drug-likeness (QED) is 0.647. The molecule has 1 aliphatic rings. The summed E-state index contributed by atoms with van der Waals surface area (Å²) in [5.74, 6) is 0.415. The van der Waals surface area contributed by atoms with Gasteiger partial charge in [0, 0.05) is 23.4 Å². The molecule has 1 aromatic carbocycles. The van der Waals surface area contributed by atoms with Crippen LogP contribution in [-0.2, 0) is 4.79 Å². The molecule has 0 radical (unpaired) electrons. The third-order valence-corrected chi connectivity index (χ3v) is 4.33. The van der Waals surface area contributed by atoms with E-state index in [1.807, 2.05) is 0 Å². The predicted octanol–water partition coefficient (Wildman–Crippen LogP) is 3.01. The van der Waals surface area contributed by atoms with Gasteiger partial charge in [0.15, 0.2) is 0 Å². The van der Waals surface area contributed by atoms with Crippen LogP contribution in [0.1, 0.15) is 38.2 Å². The maximum atomic E-state index is 12.0. The number of amides is 1. The van der Waals surface area contributed by atoms with Crippen molar-refractivity contribution in [2.24, 2.45) is 5.92 Å². The fraction of sp³-hybridized carbons (Fsp3) is 0.562. The van der Waals surface area contributed by atoms with Crippen LogP contribution < -0.4 is 10.6 Å². The summed E-state index contributed by atoms with van der Waals surface area (Å²) in [6.07, 6.45) is 4.76. The number of nitrogens with one attached hydrogen (secondary N) is 2. The topological polar surface area (TPSA) is 84.3 Å². The average molecular weight is 305 g/mol. The van der Waals surface area contributed by atoms with Gasteiger partial charge in [0.05, 0.1) is 11.5 Å². The average Bonchev–Trinajstić information content (AvgIpc) is 2.48. The molecule has 0 unspecified atom stereocenters. The molecule has 2 N–H and O–H groups in total. The van der Waals surface area contributed by atoms with E-state index in [1.54, 1.807) is 19.1 Å². The molecule has 0 bridgehead atoms. The molecule has 1 saturated carbocycles. The Bertz CT molecular complexity index is 560. The Morgan fingerprint density at radius 1 is 1.36 bits per heavy atom. The van der Waals surface area contributed by atoms with Crippen LogP contribution in [0, 0.1) is 23.0 Å². The zero-order valence-corrected chi connectivity index (χ0v) is 13.1. The number of hydrogen-bond acceptors (Lipinski definition) is 4. The summed E-state index contributed by atoms with van der Waals surface area (Å²) in [5.41, 5.74) is 1.06. The number of carbonyl (C=O) groups excluding carboxylic acids is 1. The van der Waals surface area contributed by atoms with Crippen molar-refractivity contribution in [2.75, 3.05) is 11.9 Å². The molecule has 1 aromatic rings. The van der Waals surface area contributed by atoms with Gasteiger partial charge in [0.25, 0.3) is 5.69 Å². The number of carbonyl (C=O) groups is 1. The van der Waals surface area contributed by atoms with E-state index in [4.69, 9.17) is 0 Å². The lowest BCUT2D eigenvalue weighted by Crippen LogP contribution is -2.41. The van der Waals surface area contributed by atoms with E-state index in [-0.39, 0.29) is 18.1 Å². The van der Waals surface area contributed by atoms with E-state index in [9.17, 15) is 14.9 Å². The number of rotatable bonds is 5. The molecule has 1 aliphatic carbocycles. The molecule has 0 aromatic heterocycles. The first kappa shape index (κ1) is 16.4. The number of nitro groups is 1.